The number of rotatable bonds is 5. The van der Waals surface area contributed by atoms with E-state index in [9.17, 15) is 4.79 Å². The van der Waals surface area contributed by atoms with Gasteiger partial charge in [0.1, 0.15) is 16.3 Å². The van der Waals surface area contributed by atoms with E-state index in [2.05, 4.69) is 29.0 Å². The number of hydrogen-bond acceptors (Lipinski definition) is 5. The number of thiazole rings is 1. The van der Waals surface area contributed by atoms with Crippen LogP contribution in [-0.2, 0) is 4.74 Å². The molecule has 2 aliphatic rings. The van der Waals surface area contributed by atoms with E-state index in [1.54, 1.807) is 0 Å². The molecule has 0 unspecified atom stereocenters. The zero-order chi connectivity index (χ0) is 20.3. The fraction of sp³-hybridized carbons (Fsp3) is 0.565. The second-order valence-electron chi connectivity index (χ2n) is 8.72. The number of benzene rings is 1. The molecule has 5 nitrogen and oxygen atoms in total. The molecule has 2 fully saturated rings. The van der Waals surface area contributed by atoms with Gasteiger partial charge in [-0.15, -0.1) is 11.3 Å². The first-order valence-corrected chi connectivity index (χ1v) is 11.6. The highest BCUT2D eigenvalue weighted by atomic mass is 32.1. The fourth-order valence-electron chi connectivity index (χ4n) is 4.65. The van der Waals surface area contributed by atoms with E-state index >= 15 is 0 Å². The van der Waals surface area contributed by atoms with Crippen LogP contribution in [0.5, 0.6) is 0 Å². The lowest BCUT2D eigenvalue weighted by Gasteiger charge is -2.50. The molecule has 2 heterocycles. The Morgan fingerprint density at radius 3 is 2.97 bits per heavy atom. The number of aromatic nitrogens is 1. The molecule has 6 heteroatoms. The molecule has 1 saturated heterocycles. The maximum atomic E-state index is 13.0. The van der Waals surface area contributed by atoms with Gasteiger partial charge in [-0.3, -0.25) is 9.69 Å². The minimum absolute atomic E-state index is 0.0422. The maximum absolute atomic E-state index is 13.0. The van der Waals surface area contributed by atoms with Crippen molar-refractivity contribution in [2.45, 2.75) is 51.2 Å². The minimum atomic E-state index is -0.265. The predicted octanol–water partition coefficient (Wildman–Crippen LogP) is 4.21. The van der Waals surface area contributed by atoms with E-state index in [0.717, 1.165) is 62.5 Å². The van der Waals surface area contributed by atoms with Gasteiger partial charge in [-0.1, -0.05) is 57.0 Å². The molecule has 0 bridgehead atoms. The Kier molecular flexibility index (Phi) is 6.32. The molecule has 4 rings (SSSR count). The van der Waals surface area contributed by atoms with Crippen molar-refractivity contribution in [2.24, 2.45) is 5.92 Å². The average molecular weight is 414 g/mol. The second-order valence-corrected chi connectivity index (χ2v) is 9.58. The van der Waals surface area contributed by atoms with Crippen molar-refractivity contribution in [3.05, 3.63) is 41.4 Å². The third-order valence-corrected chi connectivity index (χ3v) is 6.84. The van der Waals surface area contributed by atoms with Crippen molar-refractivity contribution >= 4 is 17.2 Å². The van der Waals surface area contributed by atoms with Gasteiger partial charge in [0.2, 0.25) is 0 Å². The lowest BCUT2D eigenvalue weighted by molar-refractivity contribution is -0.142. The third kappa shape index (κ3) is 4.71. The Labute approximate surface area is 177 Å². The van der Waals surface area contributed by atoms with Gasteiger partial charge >= 0.3 is 0 Å². The minimum Gasteiger partial charge on any atom is -0.370 e. The molecular formula is C23H31N3O2S. The molecule has 1 saturated carbocycles. The molecule has 156 valence electrons. The van der Waals surface area contributed by atoms with Crippen LogP contribution in [0.2, 0.25) is 0 Å². The highest BCUT2D eigenvalue weighted by Crippen LogP contribution is 2.35. The molecule has 1 aliphatic carbocycles. The fourth-order valence-corrected chi connectivity index (χ4v) is 5.46. The summed E-state index contributed by atoms with van der Waals surface area (Å²) in [7, 11) is 0. The summed E-state index contributed by atoms with van der Waals surface area (Å²) in [5.74, 6) is 0.549. The number of nitrogens with zero attached hydrogens (tertiary/aromatic N) is 2. The molecule has 1 aliphatic heterocycles. The van der Waals surface area contributed by atoms with Crippen LogP contribution in [0.15, 0.2) is 35.7 Å². The SMILES string of the molecule is CC(C)CN1CCO[C@]2(CCCC[C@H]2NC(=O)c2csc(-c3ccccc3)n2)C1. The van der Waals surface area contributed by atoms with Gasteiger partial charge in [-0.25, -0.2) is 4.98 Å². The first-order valence-electron chi connectivity index (χ1n) is 10.7. The van der Waals surface area contributed by atoms with E-state index < -0.39 is 0 Å². The Hall–Kier alpha value is -1.76. The predicted molar refractivity (Wildman–Crippen MR) is 117 cm³/mol. The van der Waals surface area contributed by atoms with E-state index in [1.165, 1.54) is 11.3 Å². The number of amides is 1. The van der Waals surface area contributed by atoms with Crippen molar-refractivity contribution in [1.29, 1.82) is 0 Å². The van der Waals surface area contributed by atoms with Crippen molar-refractivity contribution in [3.8, 4) is 10.6 Å². The molecule has 29 heavy (non-hydrogen) atoms. The van der Waals surface area contributed by atoms with Gasteiger partial charge in [0.05, 0.1) is 12.6 Å². The quantitative estimate of drug-likeness (QED) is 0.798. The lowest BCUT2D eigenvalue weighted by Crippen LogP contribution is -2.64. The van der Waals surface area contributed by atoms with Crippen LogP contribution in [0.1, 0.15) is 50.0 Å². The van der Waals surface area contributed by atoms with E-state index in [-0.39, 0.29) is 17.6 Å². The van der Waals surface area contributed by atoms with E-state index in [1.807, 2.05) is 35.7 Å². The van der Waals surface area contributed by atoms with Gasteiger partial charge in [0.25, 0.3) is 5.91 Å². The Morgan fingerprint density at radius 1 is 1.34 bits per heavy atom. The second kappa shape index (κ2) is 8.94. The van der Waals surface area contributed by atoms with Gasteiger partial charge in [-0.05, 0) is 18.8 Å². The maximum Gasteiger partial charge on any atom is 0.271 e. The summed E-state index contributed by atoms with van der Waals surface area (Å²) in [6, 6.07) is 10.1. The average Bonchev–Trinajstić information content (AvgIpc) is 3.21. The number of nitrogens with one attached hydrogen (secondary N) is 1. The van der Waals surface area contributed by atoms with E-state index in [4.69, 9.17) is 4.74 Å². The largest absolute Gasteiger partial charge is 0.370 e. The standard InChI is InChI=1S/C23H31N3O2S/c1-17(2)14-26-12-13-28-23(16-26)11-7-6-10-20(23)25-21(27)19-15-29-22(24-19)18-8-4-3-5-9-18/h3-5,8-9,15,17,20H,6-7,10-14,16H2,1-2H3,(H,25,27)/t20-,23-/m1/s1. The number of ether oxygens (including phenoxy) is 1. The van der Waals surface area contributed by atoms with Gasteiger partial charge in [0.15, 0.2) is 0 Å². The zero-order valence-corrected chi connectivity index (χ0v) is 18.2. The first kappa shape index (κ1) is 20.5. The topological polar surface area (TPSA) is 54.5 Å². The Bertz CT molecular complexity index is 819. The van der Waals surface area contributed by atoms with Crippen molar-refractivity contribution in [1.82, 2.24) is 15.2 Å². The summed E-state index contributed by atoms with van der Waals surface area (Å²) in [5.41, 5.74) is 1.29. The molecule has 1 spiro atoms. The van der Waals surface area contributed by atoms with Crippen LogP contribution in [0.4, 0.5) is 0 Å². The van der Waals surface area contributed by atoms with Crippen LogP contribution in [0.25, 0.3) is 10.6 Å². The van der Waals surface area contributed by atoms with Crippen LogP contribution in [-0.4, -0.2) is 53.7 Å². The third-order valence-electron chi connectivity index (χ3n) is 5.95. The number of morpholine rings is 1. The molecular weight excluding hydrogens is 382 g/mol. The molecule has 2 atom stereocenters. The first-order chi connectivity index (χ1) is 14.1. The zero-order valence-electron chi connectivity index (χ0n) is 17.4. The van der Waals surface area contributed by atoms with Crippen LogP contribution < -0.4 is 5.32 Å². The highest BCUT2D eigenvalue weighted by Gasteiger charge is 2.46. The normalized spacial score (nSPS) is 25.4. The summed E-state index contributed by atoms with van der Waals surface area (Å²) in [4.78, 5) is 20.1. The summed E-state index contributed by atoms with van der Waals surface area (Å²) in [5, 5.41) is 6.03. The number of carbonyl (C=O) groups excluding carboxylic acids is 1. The van der Waals surface area contributed by atoms with Gasteiger partial charge in [0, 0.05) is 30.6 Å². The monoisotopic (exact) mass is 413 g/mol. The number of hydrogen-bond donors (Lipinski definition) is 1. The molecule has 1 amide bonds. The smallest absolute Gasteiger partial charge is 0.271 e. The van der Waals surface area contributed by atoms with Crippen LogP contribution in [0.3, 0.4) is 0 Å². The van der Waals surface area contributed by atoms with Crippen molar-refractivity contribution in [3.63, 3.8) is 0 Å². The van der Waals surface area contributed by atoms with Crippen LogP contribution >= 0.6 is 11.3 Å². The highest BCUT2D eigenvalue weighted by molar-refractivity contribution is 7.13. The summed E-state index contributed by atoms with van der Waals surface area (Å²) >= 11 is 1.52. The molecule has 0 radical (unpaired) electrons. The Balaban J connectivity index is 1.47. The van der Waals surface area contributed by atoms with Crippen molar-refractivity contribution in [2.75, 3.05) is 26.2 Å². The number of carbonyl (C=O) groups is 1. The lowest BCUT2D eigenvalue weighted by atomic mass is 9.78. The Morgan fingerprint density at radius 2 is 2.17 bits per heavy atom. The van der Waals surface area contributed by atoms with Crippen molar-refractivity contribution < 1.29 is 9.53 Å². The summed E-state index contributed by atoms with van der Waals surface area (Å²) in [6.45, 7) is 8.23. The molecule has 1 aromatic carbocycles. The van der Waals surface area contributed by atoms with E-state index in [0.29, 0.717) is 11.6 Å². The molecule has 2 aromatic rings. The van der Waals surface area contributed by atoms with Gasteiger partial charge in [-0.2, -0.15) is 0 Å². The van der Waals surface area contributed by atoms with Gasteiger partial charge < -0.3 is 10.1 Å². The molecule has 1 aromatic heterocycles. The van der Waals surface area contributed by atoms with Crippen LogP contribution in [0, 0.1) is 5.92 Å². The summed E-state index contributed by atoms with van der Waals surface area (Å²) < 4.78 is 6.37. The summed E-state index contributed by atoms with van der Waals surface area (Å²) in [6.07, 6.45) is 4.28. The molecule has 1 N–H and O–H groups in total.